The van der Waals surface area contributed by atoms with Gasteiger partial charge in [-0.1, -0.05) is 26.0 Å². The Morgan fingerprint density at radius 2 is 1.76 bits per heavy atom. The molecule has 1 unspecified atom stereocenters. The molecule has 0 amide bonds. The van der Waals surface area contributed by atoms with Crippen LogP contribution in [0.25, 0.3) is 0 Å². The van der Waals surface area contributed by atoms with Gasteiger partial charge in [0.05, 0.1) is 0 Å². The number of nitrogen functional groups attached to an aromatic ring is 1. The van der Waals surface area contributed by atoms with Crippen LogP contribution in [0.4, 0.5) is 5.69 Å². The van der Waals surface area contributed by atoms with E-state index in [1.165, 1.54) is 11.1 Å². The van der Waals surface area contributed by atoms with Gasteiger partial charge in [0.2, 0.25) is 0 Å². The largest absolute Gasteiger partial charge is 0.399 e. The summed E-state index contributed by atoms with van der Waals surface area (Å²) in [6.45, 7) is 7.66. The summed E-state index contributed by atoms with van der Waals surface area (Å²) in [5.41, 5.74) is 9.27. The highest BCUT2D eigenvalue weighted by atomic mass is 15.1. The fourth-order valence-electron chi connectivity index (χ4n) is 2.46. The molecule has 3 heteroatoms. The Hall–Kier alpha value is -1.87. The van der Waals surface area contributed by atoms with Crippen LogP contribution in [0.15, 0.2) is 48.8 Å². The average Bonchev–Trinajstić information content (AvgIpc) is 2.52. The van der Waals surface area contributed by atoms with Crippen LogP contribution in [0.5, 0.6) is 0 Å². The van der Waals surface area contributed by atoms with Crippen molar-refractivity contribution in [3.8, 4) is 0 Å². The summed E-state index contributed by atoms with van der Waals surface area (Å²) in [4.78, 5) is 6.55. The molecule has 0 bridgehead atoms. The van der Waals surface area contributed by atoms with Crippen LogP contribution in [0.3, 0.4) is 0 Å². The second-order valence-electron chi connectivity index (χ2n) is 5.58. The summed E-state index contributed by atoms with van der Waals surface area (Å²) in [6.07, 6.45) is 4.88. The van der Waals surface area contributed by atoms with Crippen LogP contribution in [0.1, 0.15) is 37.3 Å². The zero-order valence-corrected chi connectivity index (χ0v) is 13.0. The first-order chi connectivity index (χ1) is 10.2. The minimum Gasteiger partial charge on any atom is -0.399 e. The second kappa shape index (κ2) is 7.79. The van der Waals surface area contributed by atoms with Crippen LogP contribution >= 0.6 is 0 Å². The average molecular weight is 283 g/mol. The van der Waals surface area contributed by atoms with Crippen molar-refractivity contribution < 1.29 is 0 Å². The highest BCUT2D eigenvalue weighted by Crippen LogP contribution is 2.20. The Bertz CT molecular complexity index is 522. The molecule has 0 aliphatic rings. The van der Waals surface area contributed by atoms with Gasteiger partial charge in [-0.2, -0.15) is 0 Å². The maximum absolute atomic E-state index is 5.74. The number of aromatic nitrogens is 1. The molecule has 2 rings (SSSR count). The molecule has 21 heavy (non-hydrogen) atoms. The third kappa shape index (κ3) is 4.87. The van der Waals surface area contributed by atoms with Crippen molar-refractivity contribution >= 4 is 5.69 Å². The predicted molar refractivity (Wildman–Crippen MR) is 89.1 cm³/mol. The third-order valence-corrected chi connectivity index (χ3v) is 3.99. The summed E-state index contributed by atoms with van der Waals surface area (Å²) in [5, 5.41) is 0. The van der Waals surface area contributed by atoms with Gasteiger partial charge in [0.25, 0.3) is 0 Å². The van der Waals surface area contributed by atoms with Crippen LogP contribution in [0.2, 0.25) is 0 Å². The van der Waals surface area contributed by atoms with Crippen LogP contribution < -0.4 is 5.73 Å². The van der Waals surface area contributed by atoms with Crippen LogP contribution in [-0.2, 0) is 6.54 Å². The van der Waals surface area contributed by atoms with E-state index >= 15 is 0 Å². The maximum Gasteiger partial charge on any atom is 0.0314 e. The molecule has 1 aromatic heterocycles. The van der Waals surface area contributed by atoms with Crippen molar-refractivity contribution in [1.29, 1.82) is 0 Å². The first-order valence-electron chi connectivity index (χ1n) is 7.65. The Morgan fingerprint density at radius 3 is 2.38 bits per heavy atom. The summed E-state index contributed by atoms with van der Waals surface area (Å²) in [5.74, 6) is 0.553. The van der Waals surface area contributed by atoms with Gasteiger partial charge in [-0.25, -0.2) is 0 Å². The van der Waals surface area contributed by atoms with Crippen LogP contribution in [0, 0.1) is 0 Å². The predicted octanol–water partition coefficient (Wildman–Crippen LogP) is 3.68. The molecule has 1 heterocycles. The van der Waals surface area contributed by atoms with E-state index in [4.69, 9.17) is 5.73 Å². The van der Waals surface area contributed by atoms with E-state index in [-0.39, 0.29) is 0 Å². The van der Waals surface area contributed by atoms with Crippen molar-refractivity contribution in [2.75, 3.05) is 18.8 Å². The highest BCUT2D eigenvalue weighted by Gasteiger charge is 2.09. The number of hydrogen-bond donors (Lipinski definition) is 1. The van der Waals surface area contributed by atoms with Gasteiger partial charge >= 0.3 is 0 Å². The fraction of sp³-hybridized carbons (Fsp3) is 0.389. The number of rotatable bonds is 7. The van der Waals surface area contributed by atoms with Crippen LogP contribution in [-0.4, -0.2) is 23.0 Å². The van der Waals surface area contributed by atoms with Crippen molar-refractivity contribution in [3.05, 3.63) is 59.9 Å². The normalized spacial score (nSPS) is 12.5. The van der Waals surface area contributed by atoms with E-state index in [1.54, 1.807) is 0 Å². The number of benzene rings is 1. The molecule has 0 radical (unpaired) electrons. The lowest BCUT2D eigenvalue weighted by Crippen LogP contribution is -2.25. The van der Waals surface area contributed by atoms with E-state index in [9.17, 15) is 0 Å². The smallest absolute Gasteiger partial charge is 0.0314 e. The molecular weight excluding hydrogens is 258 g/mol. The van der Waals surface area contributed by atoms with Gasteiger partial charge in [0.15, 0.2) is 0 Å². The monoisotopic (exact) mass is 283 g/mol. The molecule has 0 aliphatic carbocycles. The number of anilines is 1. The topological polar surface area (TPSA) is 42.1 Å². The van der Waals surface area contributed by atoms with Crippen molar-refractivity contribution in [2.24, 2.45) is 0 Å². The first-order valence-corrected chi connectivity index (χ1v) is 7.65. The fourth-order valence-corrected chi connectivity index (χ4v) is 2.46. The summed E-state index contributed by atoms with van der Waals surface area (Å²) in [6, 6.07) is 12.4. The second-order valence-corrected chi connectivity index (χ2v) is 5.58. The quantitative estimate of drug-likeness (QED) is 0.788. The summed E-state index contributed by atoms with van der Waals surface area (Å²) < 4.78 is 0. The van der Waals surface area contributed by atoms with Crippen molar-refractivity contribution in [3.63, 3.8) is 0 Å². The lowest BCUT2D eigenvalue weighted by atomic mass is 9.97. The number of nitrogens with zero attached hydrogens (tertiary/aromatic N) is 2. The molecule has 1 atom stereocenters. The molecule has 0 spiro atoms. The standard InChI is InChI=1S/C18H25N3/c1-3-21(14-16-8-11-20-12-9-16)13-10-15(2)17-4-6-18(19)7-5-17/h4-9,11-12,15H,3,10,13-14,19H2,1-2H3. The lowest BCUT2D eigenvalue weighted by Gasteiger charge is -2.22. The lowest BCUT2D eigenvalue weighted by molar-refractivity contribution is 0.270. The number of hydrogen-bond acceptors (Lipinski definition) is 3. The first kappa shape index (κ1) is 15.5. The van der Waals surface area contributed by atoms with Gasteiger partial charge in [-0.05, 0) is 60.8 Å². The van der Waals surface area contributed by atoms with Crippen molar-refractivity contribution in [1.82, 2.24) is 9.88 Å². The van der Waals surface area contributed by atoms with Crippen molar-refractivity contribution in [2.45, 2.75) is 32.7 Å². The number of nitrogens with two attached hydrogens (primary N) is 1. The van der Waals surface area contributed by atoms with Gasteiger partial charge < -0.3 is 5.73 Å². The molecule has 2 aromatic rings. The minimum atomic E-state index is 0.553. The summed E-state index contributed by atoms with van der Waals surface area (Å²) >= 11 is 0. The highest BCUT2D eigenvalue weighted by molar-refractivity contribution is 5.40. The van der Waals surface area contributed by atoms with Gasteiger partial charge in [-0.3, -0.25) is 9.88 Å². The molecule has 3 nitrogen and oxygen atoms in total. The Kier molecular flexibility index (Phi) is 5.76. The van der Waals surface area contributed by atoms with E-state index < -0.39 is 0 Å². The SMILES string of the molecule is CCN(CCC(C)c1ccc(N)cc1)Cc1ccncc1. The minimum absolute atomic E-state index is 0.553. The van der Waals surface area contributed by atoms with Gasteiger partial charge in [0, 0.05) is 24.6 Å². The molecule has 112 valence electrons. The van der Waals surface area contributed by atoms with Gasteiger partial charge in [-0.15, -0.1) is 0 Å². The Balaban J connectivity index is 1.86. The van der Waals surface area contributed by atoms with E-state index in [0.717, 1.165) is 31.7 Å². The summed E-state index contributed by atoms with van der Waals surface area (Å²) in [7, 11) is 0. The number of pyridine rings is 1. The molecule has 1 aromatic carbocycles. The van der Waals surface area contributed by atoms with E-state index in [1.807, 2.05) is 24.5 Å². The molecule has 2 N–H and O–H groups in total. The Morgan fingerprint density at radius 1 is 1.10 bits per heavy atom. The molecule has 0 saturated heterocycles. The zero-order valence-electron chi connectivity index (χ0n) is 13.0. The van der Waals surface area contributed by atoms with Gasteiger partial charge in [0.1, 0.15) is 0 Å². The van der Waals surface area contributed by atoms with E-state index in [0.29, 0.717) is 5.92 Å². The maximum atomic E-state index is 5.74. The van der Waals surface area contributed by atoms with E-state index in [2.05, 4.69) is 48.0 Å². The third-order valence-electron chi connectivity index (χ3n) is 3.99. The molecule has 0 aliphatic heterocycles. The molecule has 0 fully saturated rings. The zero-order chi connectivity index (χ0) is 15.1. The Labute approximate surface area is 127 Å². The molecule has 0 saturated carbocycles. The molecular formula is C18H25N3.